The number of hydrogen-bond donors (Lipinski definition) is 0. The quantitative estimate of drug-likeness (QED) is 0.833. The number of hydrogen-bond acceptors (Lipinski definition) is 2. The maximum Gasteiger partial charge on any atom is 0.0642 e. The largest absolute Gasteiger partial charge is 0.378 e. The predicted octanol–water partition coefficient (Wildman–Crippen LogP) is 3.11. The van der Waals surface area contributed by atoms with Crippen LogP contribution in [0.2, 0.25) is 0 Å². The van der Waals surface area contributed by atoms with Gasteiger partial charge in [0.2, 0.25) is 0 Å². The molecule has 1 fully saturated rings. The Hall–Kier alpha value is -1.80. The van der Waals surface area contributed by atoms with E-state index in [1.165, 1.54) is 16.8 Å². The molecule has 2 heteroatoms. The van der Waals surface area contributed by atoms with Crippen LogP contribution in [-0.2, 0) is 11.2 Å². The fourth-order valence-electron chi connectivity index (χ4n) is 2.48. The molecule has 0 atom stereocenters. The van der Waals surface area contributed by atoms with Crippen LogP contribution < -0.4 is 4.90 Å². The Balaban J connectivity index is 1.68. The van der Waals surface area contributed by atoms with Crippen molar-refractivity contribution >= 4 is 5.69 Å². The van der Waals surface area contributed by atoms with Gasteiger partial charge in [-0.1, -0.05) is 42.5 Å². The van der Waals surface area contributed by atoms with Crippen LogP contribution in [0.1, 0.15) is 11.1 Å². The first-order chi connectivity index (χ1) is 9.42. The summed E-state index contributed by atoms with van der Waals surface area (Å²) in [5, 5.41) is 0. The van der Waals surface area contributed by atoms with Gasteiger partial charge in [-0.3, -0.25) is 0 Å². The third-order valence-electron chi connectivity index (χ3n) is 3.56. The Bertz CT molecular complexity index is 501. The molecule has 1 aliphatic heterocycles. The molecule has 1 saturated heterocycles. The first-order valence-electron chi connectivity index (χ1n) is 6.87. The molecule has 2 aromatic carbocycles. The van der Waals surface area contributed by atoms with Gasteiger partial charge in [0.05, 0.1) is 13.2 Å². The summed E-state index contributed by atoms with van der Waals surface area (Å²) < 4.78 is 5.38. The van der Waals surface area contributed by atoms with E-state index in [9.17, 15) is 0 Å². The van der Waals surface area contributed by atoms with E-state index >= 15 is 0 Å². The van der Waals surface area contributed by atoms with E-state index in [1.54, 1.807) is 0 Å². The van der Waals surface area contributed by atoms with Crippen molar-refractivity contribution in [2.45, 2.75) is 6.42 Å². The van der Waals surface area contributed by atoms with Gasteiger partial charge in [0.15, 0.2) is 0 Å². The monoisotopic (exact) mass is 253 g/mol. The highest BCUT2D eigenvalue weighted by Gasteiger charge is 2.10. The first-order valence-corrected chi connectivity index (χ1v) is 6.87. The number of ether oxygens (including phenoxy) is 1. The van der Waals surface area contributed by atoms with Crippen LogP contribution in [0.4, 0.5) is 5.69 Å². The van der Waals surface area contributed by atoms with E-state index < -0.39 is 0 Å². The van der Waals surface area contributed by atoms with Crippen molar-refractivity contribution in [3.05, 3.63) is 65.7 Å². The SMILES string of the molecule is c1ccc(Cc2ccc(N3CCOCC3)cc2)cc1. The van der Waals surface area contributed by atoms with Gasteiger partial charge in [-0.2, -0.15) is 0 Å². The molecule has 3 rings (SSSR count). The summed E-state index contributed by atoms with van der Waals surface area (Å²) in [6.45, 7) is 3.67. The highest BCUT2D eigenvalue weighted by molar-refractivity contribution is 5.48. The first kappa shape index (κ1) is 12.2. The van der Waals surface area contributed by atoms with Gasteiger partial charge in [-0.05, 0) is 29.7 Å². The van der Waals surface area contributed by atoms with Gasteiger partial charge in [-0.25, -0.2) is 0 Å². The molecule has 0 amide bonds. The van der Waals surface area contributed by atoms with E-state index in [0.29, 0.717) is 0 Å². The number of benzene rings is 2. The summed E-state index contributed by atoms with van der Waals surface area (Å²) in [7, 11) is 0. The van der Waals surface area contributed by atoms with E-state index in [-0.39, 0.29) is 0 Å². The van der Waals surface area contributed by atoms with Crippen LogP contribution in [0.5, 0.6) is 0 Å². The third kappa shape index (κ3) is 3.15. The van der Waals surface area contributed by atoms with Crippen molar-refractivity contribution in [2.24, 2.45) is 0 Å². The molecule has 1 aliphatic rings. The van der Waals surface area contributed by atoms with E-state index in [0.717, 1.165) is 32.7 Å². The molecule has 19 heavy (non-hydrogen) atoms. The summed E-state index contributed by atoms with van der Waals surface area (Å²) in [6.07, 6.45) is 1.00. The summed E-state index contributed by atoms with van der Waals surface area (Å²) >= 11 is 0. The summed E-state index contributed by atoms with van der Waals surface area (Å²) in [5.74, 6) is 0. The zero-order chi connectivity index (χ0) is 12.9. The number of rotatable bonds is 3. The molecule has 0 aliphatic carbocycles. The van der Waals surface area contributed by atoms with E-state index in [1.807, 2.05) is 0 Å². The molecule has 2 nitrogen and oxygen atoms in total. The van der Waals surface area contributed by atoms with Crippen molar-refractivity contribution in [3.63, 3.8) is 0 Å². The van der Waals surface area contributed by atoms with Gasteiger partial charge < -0.3 is 9.64 Å². The molecule has 1 heterocycles. The fraction of sp³-hybridized carbons (Fsp3) is 0.294. The highest BCUT2D eigenvalue weighted by Crippen LogP contribution is 2.18. The van der Waals surface area contributed by atoms with Gasteiger partial charge in [0.1, 0.15) is 0 Å². The second-order valence-electron chi connectivity index (χ2n) is 4.93. The van der Waals surface area contributed by atoms with Crippen LogP contribution in [0.3, 0.4) is 0 Å². The summed E-state index contributed by atoms with van der Waals surface area (Å²) in [5.41, 5.74) is 4.03. The molecule has 2 aromatic rings. The zero-order valence-corrected chi connectivity index (χ0v) is 11.1. The number of nitrogens with zero attached hydrogens (tertiary/aromatic N) is 1. The molecule has 0 radical (unpaired) electrons. The Morgan fingerprint density at radius 3 is 2.11 bits per heavy atom. The molecular weight excluding hydrogens is 234 g/mol. The lowest BCUT2D eigenvalue weighted by atomic mass is 10.0. The minimum Gasteiger partial charge on any atom is -0.378 e. The topological polar surface area (TPSA) is 12.5 Å². The molecular formula is C17H19NO. The lowest BCUT2D eigenvalue weighted by molar-refractivity contribution is 0.122. The second kappa shape index (κ2) is 5.89. The maximum atomic E-state index is 5.38. The van der Waals surface area contributed by atoms with E-state index in [4.69, 9.17) is 4.74 Å². The minimum atomic E-state index is 0.839. The Kier molecular flexibility index (Phi) is 3.80. The maximum absolute atomic E-state index is 5.38. The lowest BCUT2D eigenvalue weighted by Crippen LogP contribution is -2.36. The molecule has 0 spiro atoms. The lowest BCUT2D eigenvalue weighted by Gasteiger charge is -2.28. The van der Waals surface area contributed by atoms with Crippen LogP contribution >= 0.6 is 0 Å². The van der Waals surface area contributed by atoms with Crippen LogP contribution in [0, 0.1) is 0 Å². The normalized spacial score (nSPS) is 15.5. The Morgan fingerprint density at radius 1 is 0.789 bits per heavy atom. The second-order valence-corrected chi connectivity index (χ2v) is 4.93. The molecule has 0 N–H and O–H groups in total. The zero-order valence-electron chi connectivity index (χ0n) is 11.1. The van der Waals surface area contributed by atoms with Gasteiger partial charge in [-0.15, -0.1) is 0 Å². The van der Waals surface area contributed by atoms with Crippen LogP contribution in [0.15, 0.2) is 54.6 Å². The molecule has 0 saturated carbocycles. The van der Waals surface area contributed by atoms with Crippen molar-refractivity contribution < 1.29 is 4.74 Å². The molecule has 0 aromatic heterocycles. The smallest absolute Gasteiger partial charge is 0.0642 e. The third-order valence-corrected chi connectivity index (χ3v) is 3.56. The van der Waals surface area contributed by atoms with Crippen LogP contribution in [0.25, 0.3) is 0 Å². The van der Waals surface area contributed by atoms with Crippen molar-refractivity contribution in [1.82, 2.24) is 0 Å². The van der Waals surface area contributed by atoms with Crippen molar-refractivity contribution in [2.75, 3.05) is 31.2 Å². The number of morpholine rings is 1. The average Bonchev–Trinajstić information content (AvgIpc) is 2.50. The van der Waals surface area contributed by atoms with Crippen molar-refractivity contribution in [1.29, 1.82) is 0 Å². The highest BCUT2D eigenvalue weighted by atomic mass is 16.5. The molecule has 0 unspecified atom stereocenters. The average molecular weight is 253 g/mol. The number of anilines is 1. The molecule has 98 valence electrons. The van der Waals surface area contributed by atoms with Crippen LogP contribution in [-0.4, -0.2) is 26.3 Å². The summed E-state index contributed by atoms with van der Waals surface area (Å²) in [6, 6.07) is 19.5. The van der Waals surface area contributed by atoms with Crippen molar-refractivity contribution in [3.8, 4) is 0 Å². The Labute approximate surface area is 114 Å². The van der Waals surface area contributed by atoms with Gasteiger partial charge >= 0.3 is 0 Å². The standard InChI is InChI=1S/C17H19NO/c1-2-4-15(5-3-1)14-16-6-8-17(9-7-16)18-10-12-19-13-11-18/h1-9H,10-14H2. The molecule has 0 bridgehead atoms. The predicted molar refractivity (Wildman–Crippen MR) is 78.7 cm³/mol. The summed E-state index contributed by atoms with van der Waals surface area (Å²) in [4.78, 5) is 2.38. The van der Waals surface area contributed by atoms with Gasteiger partial charge in [0, 0.05) is 18.8 Å². The van der Waals surface area contributed by atoms with Gasteiger partial charge in [0.25, 0.3) is 0 Å². The Morgan fingerprint density at radius 2 is 1.42 bits per heavy atom. The minimum absolute atomic E-state index is 0.839. The van der Waals surface area contributed by atoms with E-state index in [2.05, 4.69) is 59.5 Å². The fourth-order valence-corrected chi connectivity index (χ4v) is 2.48.